The second-order valence-electron chi connectivity index (χ2n) is 5.19. The van der Waals surface area contributed by atoms with E-state index < -0.39 is 0 Å². The fourth-order valence-corrected chi connectivity index (χ4v) is 2.45. The third-order valence-electron chi connectivity index (χ3n) is 3.80. The first kappa shape index (κ1) is 23.2. The lowest BCUT2D eigenvalue weighted by atomic mass is 9.93. The molecule has 0 aromatic heterocycles. The van der Waals surface area contributed by atoms with Crippen LogP contribution in [0, 0.1) is 5.92 Å². The smallest absolute Gasteiger partial charge is 0.233 e. The van der Waals surface area contributed by atoms with Crippen LogP contribution >= 0.6 is 24.8 Å². The highest BCUT2D eigenvalue weighted by atomic mass is 35.5. The number of hydrogen-bond donors (Lipinski definition) is 2. The molecule has 0 spiro atoms. The molecule has 0 bridgehead atoms. The number of piperidine rings is 1. The van der Waals surface area contributed by atoms with Crippen LogP contribution in [0.5, 0.6) is 0 Å². The standard InChI is InChI=1S/C14H29N3O2.2ClH/c1-3-17-9-5-13(6-10-17)4-7-16-14(18)12-15-8-11-19-2;;/h13,15H,3-12H2,1-2H3,(H,16,18);2*1H. The predicted octanol–water partition coefficient (Wildman–Crippen LogP) is 1.30. The van der Waals surface area contributed by atoms with Gasteiger partial charge in [0.15, 0.2) is 0 Å². The van der Waals surface area contributed by atoms with Crippen LogP contribution in [-0.4, -0.2) is 63.8 Å². The quantitative estimate of drug-likeness (QED) is 0.619. The topological polar surface area (TPSA) is 53.6 Å². The third-order valence-corrected chi connectivity index (χ3v) is 3.80. The van der Waals surface area contributed by atoms with Gasteiger partial charge in [0.25, 0.3) is 0 Å². The number of halogens is 2. The number of carbonyl (C=O) groups is 1. The van der Waals surface area contributed by atoms with Crippen molar-refractivity contribution in [2.45, 2.75) is 26.2 Å². The Labute approximate surface area is 141 Å². The van der Waals surface area contributed by atoms with Crippen molar-refractivity contribution in [3.8, 4) is 0 Å². The Morgan fingerprint density at radius 1 is 1.24 bits per heavy atom. The molecule has 1 saturated heterocycles. The van der Waals surface area contributed by atoms with Gasteiger partial charge in [-0.2, -0.15) is 0 Å². The van der Waals surface area contributed by atoms with E-state index in [2.05, 4.69) is 22.5 Å². The summed E-state index contributed by atoms with van der Waals surface area (Å²) in [6.07, 6.45) is 3.66. The molecule has 0 saturated carbocycles. The molecule has 7 heteroatoms. The maximum Gasteiger partial charge on any atom is 0.233 e. The first-order valence-electron chi connectivity index (χ1n) is 7.45. The Hall–Kier alpha value is -0.0700. The minimum atomic E-state index is 0. The third kappa shape index (κ3) is 11.2. The van der Waals surface area contributed by atoms with Gasteiger partial charge in [0.1, 0.15) is 0 Å². The molecule has 1 fully saturated rings. The number of likely N-dealkylation sites (tertiary alicyclic amines) is 1. The molecule has 0 aliphatic carbocycles. The van der Waals surface area contributed by atoms with E-state index in [0.717, 1.165) is 32.0 Å². The summed E-state index contributed by atoms with van der Waals surface area (Å²) >= 11 is 0. The van der Waals surface area contributed by atoms with E-state index in [9.17, 15) is 4.79 Å². The summed E-state index contributed by atoms with van der Waals surface area (Å²) in [7, 11) is 1.66. The molecule has 2 N–H and O–H groups in total. The molecule has 1 aliphatic heterocycles. The van der Waals surface area contributed by atoms with Crippen molar-refractivity contribution < 1.29 is 9.53 Å². The summed E-state index contributed by atoms with van der Waals surface area (Å²) in [5.74, 6) is 0.867. The van der Waals surface area contributed by atoms with Crippen molar-refractivity contribution in [1.82, 2.24) is 15.5 Å². The van der Waals surface area contributed by atoms with Crippen LogP contribution in [0.25, 0.3) is 0 Å². The molecule has 1 rings (SSSR count). The van der Waals surface area contributed by atoms with E-state index >= 15 is 0 Å². The monoisotopic (exact) mass is 343 g/mol. The van der Waals surface area contributed by atoms with Gasteiger partial charge in [-0.3, -0.25) is 4.79 Å². The van der Waals surface area contributed by atoms with Gasteiger partial charge in [0.05, 0.1) is 13.2 Å². The maximum absolute atomic E-state index is 11.5. The molecule has 1 heterocycles. The highest BCUT2D eigenvalue weighted by Crippen LogP contribution is 2.19. The summed E-state index contributed by atoms with van der Waals surface area (Å²) in [5, 5.41) is 6.02. The molecular weight excluding hydrogens is 313 g/mol. The normalized spacial score (nSPS) is 15.9. The molecule has 0 atom stereocenters. The zero-order valence-electron chi connectivity index (χ0n) is 13.2. The molecule has 1 amide bonds. The summed E-state index contributed by atoms with van der Waals surface area (Å²) in [4.78, 5) is 14.0. The Morgan fingerprint density at radius 2 is 1.90 bits per heavy atom. The number of carbonyl (C=O) groups excluding carboxylic acids is 1. The Balaban J connectivity index is 0. The highest BCUT2D eigenvalue weighted by Gasteiger charge is 2.17. The zero-order chi connectivity index (χ0) is 13.9. The summed E-state index contributed by atoms with van der Waals surface area (Å²) < 4.78 is 4.90. The van der Waals surface area contributed by atoms with Crippen molar-refractivity contribution in [2.75, 3.05) is 53.0 Å². The lowest BCUT2D eigenvalue weighted by Gasteiger charge is -2.31. The Bertz CT molecular complexity index is 250. The van der Waals surface area contributed by atoms with Crippen molar-refractivity contribution in [3.05, 3.63) is 0 Å². The van der Waals surface area contributed by atoms with Crippen LogP contribution in [0.3, 0.4) is 0 Å². The summed E-state index contributed by atoms with van der Waals surface area (Å²) in [6.45, 7) is 8.37. The van der Waals surface area contributed by atoms with Gasteiger partial charge in [0, 0.05) is 20.2 Å². The number of ether oxygens (including phenoxy) is 1. The lowest BCUT2D eigenvalue weighted by molar-refractivity contribution is -0.120. The molecular formula is C14H31Cl2N3O2. The van der Waals surface area contributed by atoms with Crippen LogP contribution in [0.15, 0.2) is 0 Å². The zero-order valence-corrected chi connectivity index (χ0v) is 14.9. The van der Waals surface area contributed by atoms with Crippen molar-refractivity contribution in [2.24, 2.45) is 5.92 Å². The van der Waals surface area contributed by atoms with Gasteiger partial charge in [-0.1, -0.05) is 6.92 Å². The fourth-order valence-electron chi connectivity index (χ4n) is 2.45. The van der Waals surface area contributed by atoms with Crippen LogP contribution < -0.4 is 10.6 Å². The van der Waals surface area contributed by atoms with Gasteiger partial charge in [0.2, 0.25) is 5.91 Å². The molecule has 0 radical (unpaired) electrons. The first-order chi connectivity index (χ1) is 9.26. The van der Waals surface area contributed by atoms with Gasteiger partial charge in [-0.15, -0.1) is 24.8 Å². The molecule has 128 valence electrons. The van der Waals surface area contributed by atoms with Crippen LogP contribution in [-0.2, 0) is 9.53 Å². The predicted molar refractivity (Wildman–Crippen MR) is 91.7 cm³/mol. The molecule has 0 unspecified atom stereocenters. The molecule has 21 heavy (non-hydrogen) atoms. The van der Waals surface area contributed by atoms with Crippen molar-refractivity contribution >= 4 is 30.7 Å². The van der Waals surface area contributed by atoms with E-state index in [0.29, 0.717) is 13.2 Å². The molecule has 0 aromatic carbocycles. The van der Waals surface area contributed by atoms with Gasteiger partial charge >= 0.3 is 0 Å². The summed E-state index contributed by atoms with van der Waals surface area (Å²) in [6, 6.07) is 0. The van der Waals surface area contributed by atoms with Gasteiger partial charge in [-0.05, 0) is 44.8 Å². The second-order valence-corrected chi connectivity index (χ2v) is 5.19. The number of nitrogens with one attached hydrogen (secondary N) is 2. The van der Waals surface area contributed by atoms with E-state index in [1.165, 1.54) is 25.9 Å². The van der Waals surface area contributed by atoms with E-state index in [1.54, 1.807) is 7.11 Å². The maximum atomic E-state index is 11.5. The minimum absolute atomic E-state index is 0. The second kappa shape index (κ2) is 14.9. The van der Waals surface area contributed by atoms with Crippen LogP contribution in [0.1, 0.15) is 26.2 Å². The lowest BCUT2D eigenvalue weighted by Crippen LogP contribution is -2.37. The van der Waals surface area contributed by atoms with Crippen LogP contribution in [0.2, 0.25) is 0 Å². The first-order valence-corrected chi connectivity index (χ1v) is 7.45. The largest absolute Gasteiger partial charge is 0.383 e. The number of methoxy groups -OCH3 is 1. The number of amides is 1. The van der Waals surface area contributed by atoms with Crippen molar-refractivity contribution in [1.29, 1.82) is 0 Å². The van der Waals surface area contributed by atoms with E-state index in [-0.39, 0.29) is 30.7 Å². The summed E-state index contributed by atoms with van der Waals surface area (Å²) in [5.41, 5.74) is 0. The average Bonchev–Trinajstić information content (AvgIpc) is 2.44. The van der Waals surface area contributed by atoms with Crippen LogP contribution in [0.4, 0.5) is 0 Å². The fraction of sp³-hybridized carbons (Fsp3) is 0.929. The molecule has 1 aliphatic rings. The Morgan fingerprint density at radius 3 is 2.48 bits per heavy atom. The average molecular weight is 344 g/mol. The molecule has 0 aromatic rings. The SMILES string of the molecule is CCN1CCC(CCNC(=O)CNCCOC)CC1.Cl.Cl. The van der Waals surface area contributed by atoms with Gasteiger partial charge in [-0.25, -0.2) is 0 Å². The van der Waals surface area contributed by atoms with E-state index in [1.807, 2.05) is 0 Å². The number of hydrogen-bond acceptors (Lipinski definition) is 4. The minimum Gasteiger partial charge on any atom is -0.383 e. The van der Waals surface area contributed by atoms with Gasteiger partial charge < -0.3 is 20.3 Å². The van der Waals surface area contributed by atoms with E-state index in [4.69, 9.17) is 4.74 Å². The Kier molecular flexibility index (Phi) is 16.4. The highest BCUT2D eigenvalue weighted by molar-refractivity contribution is 5.85. The number of nitrogens with zero attached hydrogens (tertiary/aromatic N) is 1. The number of rotatable bonds is 9. The van der Waals surface area contributed by atoms with Crippen molar-refractivity contribution in [3.63, 3.8) is 0 Å². The molecule has 5 nitrogen and oxygen atoms in total.